The summed E-state index contributed by atoms with van der Waals surface area (Å²) < 4.78 is 0. The molecule has 0 radical (unpaired) electrons. The van der Waals surface area contributed by atoms with Crippen LogP contribution < -0.4 is 0 Å². The lowest BCUT2D eigenvalue weighted by atomic mass is 10.0. The van der Waals surface area contributed by atoms with E-state index in [1.807, 2.05) is 13.8 Å². The van der Waals surface area contributed by atoms with Gasteiger partial charge >= 0.3 is 0 Å². The number of aromatic nitrogens is 3. The predicted molar refractivity (Wildman–Crippen MR) is 77.3 cm³/mol. The fraction of sp³-hybridized carbons (Fsp3) is 0.400. The molecule has 0 bridgehead atoms. The Hall–Kier alpha value is -2.37. The van der Waals surface area contributed by atoms with E-state index in [-0.39, 0.29) is 11.7 Å². The van der Waals surface area contributed by atoms with Crippen molar-refractivity contribution in [3.63, 3.8) is 0 Å². The molecule has 0 aliphatic carbocycles. The number of hydrogen-bond donors (Lipinski definition) is 2. The highest BCUT2D eigenvalue weighted by Crippen LogP contribution is 2.23. The molecule has 3 rings (SSSR count). The van der Waals surface area contributed by atoms with Gasteiger partial charge in [-0.25, -0.2) is 0 Å². The number of aromatic amines is 2. The van der Waals surface area contributed by atoms with Crippen molar-refractivity contribution >= 4 is 11.7 Å². The zero-order valence-electron chi connectivity index (χ0n) is 12.4. The lowest BCUT2D eigenvalue weighted by molar-refractivity contribution is 0.0728. The second kappa shape index (κ2) is 4.87. The molecule has 1 amide bonds. The summed E-state index contributed by atoms with van der Waals surface area (Å²) >= 11 is 0. The van der Waals surface area contributed by atoms with Crippen LogP contribution in [0.25, 0.3) is 0 Å². The van der Waals surface area contributed by atoms with Crippen LogP contribution in [0.3, 0.4) is 0 Å². The van der Waals surface area contributed by atoms with E-state index >= 15 is 0 Å². The first-order chi connectivity index (χ1) is 9.99. The molecule has 0 atom stereocenters. The summed E-state index contributed by atoms with van der Waals surface area (Å²) in [5.74, 6) is -0.0778. The minimum atomic E-state index is -0.0602. The summed E-state index contributed by atoms with van der Waals surface area (Å²) in [6, 6.07) is 0. The lowest BCUT2D eigenvalue weighted by Crippen LogP contribution is -2.36. The second-order valence-electron chi connectivity index (χ2n) is 5.53. The molecular weight excluding hydrogens is 268 g/mol. The molecule has 0 saturated carbocycles. The quantitative estimate of drug-likeness (QED) is 0.825. The zero-order valence-corrected chi connectivity index (χ0v) is 12.4. The molecule has 6 heteroatoms. The van der Waals surface area contributed by atoms with Gasteiger partial charge in [-0.15, -0.1) is 0 Å². The minimum absolute atomic E-state index is 0.0175. The van der Waals surface area contributed by atoms with Crippen molar-refractivity contribution in [1.29, 1.82) is 0 Å². The van der Waals surface area contributed by atoms with E-state index < -0.39 is 0 Å². The summed E-state index contributed by atoms with van der Waals surface area (Å²) in [7, 11) is 0. The van der Waals surface area contributed by atoms with Crippen LogP contribution in [0.5, 0.6) is 0 Å². The summed E-state index contributed by atoms with van der Waals surface area (Å²) in [4.78, 5) is 29.2. The highest BCUT2D eigenvalue weighted by Gasteiger charge is 2.27. The number of rotatable bonds is 2. The Bertz CT molecular complexity index is 726. The zero-order chi connectivity index (χ0) is 15.1. The van der Waals surface area contributed by atoms with Crippen molar-refractivity contribution in [3.05, 3.63) is 40.0 Å². The summed E-state index contributed by atoms with van der Waals surface area (Å²) in [5, 5.41) is 6.97. The van der Waals surface area contributed by atoms with Crippen LogP contribution in [0.4, 0.5) is 0 Å². The topological polar surface area (TPSA) is 81.9 Å². The van der Waals surface area contributed by atoms with Crippen LogP contribution in [0.1, 0.15) is 50.3 Å². The Balaban J connectivity index is 1.90. The molecule has 0 unspecified atom stereocenters. The smallest absolute Gasteiger partial charge is 0.270 e. The van der Waals surface area contributed by atoms with Crippen molar-refractivity contribution in [2.45, 2.75) is 33.7 Å². The highest BCUT2D eigenvalue weighted by molar-refractivity contribution is 6.02. The van der Waals surface area contributed by atoms with Crippen molar-refractivity contribution in [3.8, 4) is 0 Å². The number of fused-ring (bicyclic) bond motifs is 1. The molecule has 2 aromatic rings. The van der Waals surface area contributed by atoms with Gasteiger partial charge in [0.1, 0.15) is 5.69 Å². The molecule has 110 valence electrons. The maximum Gasteiger partial charge on any atom is 0.270 e. The maximum atomic E-state index is 12.7. The Morgan fingerprint density at radius 1 is 1.33 bits per heavy atom. The first-order valence-electron chi connectivity index (χ1n) is 6.99. The van der Waals surface area contributed by atoms with E-state index in [0.717, 1.165) is 28.9 Å². The molecule has 1 aliphatic heterocycles. The second-order valence-corrected chi connectivity index (χ2v) is 5.53. The number of ketones is 1. The monoisotopic (exact) mass is 286 g/mol. The van der Waals surface area contributed by atoms with Gasteiger partial charge in [0, 0.05) is 42.0 Å². The van der Waals surface area contributed by atoms with Gasteiger partial charge in [-0.2, -0.15) is 5.10 Å². The number of carbonyl (C=O) groups excluding carboxylic acids is 2. The first kappa shape index (κ1) is 13.6. The highest BCUT2D eigenvalue weighted by atomic mass is 16.2. The number of carbonyl (C=O) groups is 2. The number of amides is 1. The van der Waals surface area contributed by atoms with Gasteiger partial charge < -0.3 is 9.88 Å². The SMILES string of the molecule is CC(=O)c1c(C)[nH]c(C(=O)N2CCc3[nH]ncc3C2)c1C. The van der Waals surface area contributed by atoms with Gasteiger partial charge in [0.15, 0.2) is 5.78 Å². The van der Waals surface area contributed by atoms with Crippen molar-refractivity contribution < 1.29 is 9.59 Å². The summed E-state index contributed by atoms with van der Waals surface area (Å²) in [6.07, 6.45) is 2.54. The van der Waals surface area contributed by atoms with E-state index in [2.05, 4.69) is 15.2 Å². The maximum absolute atomic E-state index is 12.7. The molecule has 2 aromatic heterocycles. The van der Waals surface area contributed by atoms with E-state index in [0.29, 0.717) is 24.3 Å². The van der Waals surface area contributed by atoms with Gasteiger partial charge in [0.25, 0.3) is 5.91 Å². The summed E-state index contributed by atoms with van der Waals surface area (Å²) in [6.45, 7) is 6.38. The van der Waals surface area contributed by atoms with Gasteiger partial charge in [-0.05, 0) is 26.3 Å². The van der Waals surface area contributed by atoms with Crippen LogP contribution in [0, 0.1) is 13.8 Å². The third-order valence-electron chi connectivity index (χ3n) is 4.09. The van der Waals surface area contributed by atoms with Gasteiger partial charge in [-0.1, -0.05) is 0 Å². The molecule has 1 aliphatic rings. The Morgan fingerprint density at radius 3 is 2.76 bits per heavy atom. The summed E-state index contributed by atoms with van der Waals surface area (Å²) in [5.41, 5.74) is 4.79. The van der Waals surface area contributed by atoms with E-state index in [1.54, 1.807) is 11.1 Å². The Labute approximate surface area is 122 Å². The normalized spacial score (nSPS) is 14.1. The Morgan fingerprint density at radius 2 is 2.10 bits per heavy atom. The average Bonchev–Trinajstić information content (AvgIpc) is 3.01. The fourth-order valence-corrected chi connectivity index (χ4v) is 3.05. The number of H-pyrrole nitrogens is 2. The predicted octanol–water partition coefficient (Wildman–Crippen LogP) is 1.76. The molecule has 0 spiro atoms. The van der Waals surface area contributed by atoms with Crippen molar-refractivity contribution in [2.24, 2.45) is 0 Å². The van der Waals surface area contributed by atoms with Crippen LogP contribution in [-0.2, 0) is 13.0 Å². The molecule has 0 saturated heterocycles. The first-order valence-corrected chi connectivity index (χ1v) is 6.99. The van der Waals surface area contributed by atoms with Gasteiger partial charge in [-0.3, -0.25) is 14.7 Å². The van der Waals surface area contributed by atoms with Crippen LogP contribution >= 0.6 is 0 Å². The van der Waals surface area contributed by atoms with Crippen LogP contribution in [-0.4, -0.2) is 38.3 Å². The van der Waals surface area contributed by atoms with Crippen LogP contribution in [0.2, 0.25) is 0 Å². The number of Topliss-reactive ketones (excluding diaryl/α,β-unsaturated/α-hetero) is 1. The largest absolute Gasteiger partial charge is 0.354 e. The van der Waals surface area contributed by atoms with Crippen LogP contribution in [0.15, 0.2) is 6.20 Å². The standard InChI is InChI=1S/C15H18N4O2/c1-8-13(10(3)20)9(2)17-14(8)15(21)19-5-4-12-11(7-19)6-16-18-12/h6,17H,4-5,7H2,1-3H3,(H,16,18). The molecular formula is C15H18N4O2. The number of aryl methyl sites for hydroxylation is 1. The minimum Gasteiger partial charge on any atom is -0.354 e. The molecule has 21 heavy (non-hydrogen) atoms. The van der Waals surface area contributed by atoms with Gasteiger partial charge in [0.05, 0.1) is 6.20 Å². The number of hydrogen-bond acceptors (Lipinski definition) is 3. The van der Waals surface area contributed by atoms with Gasteiger partial charge in [0.2, 0.25) is 0 Å². The number of nitrogens with zero attached hydrogens (tertiary/aromatic N) is 2. The fourth-order valence-electron chi connectivity index (χ4n) is 3.05. The van der Waals surface area contributed by atoms with E-state index in [4.69, 9.17) is 0 Å². The molecule has 6 nitrogen and oxygen atoms in total. The lowest BCUT2D eigenvalue weighted by Gasteiger charge is -2.26. The van der Waals surface area contributed by atoms with Crippen molar-refractivity contribution in [1.82, 2.24) is 20.1 Å². The third-order valence-corrected chi connectivity index (χ3v) is 4.09. The van der Waals surface area contributed by atoms with E-state index in [1.165, 1.54) is 6.92 Å². The average molecular weight is 286 g/mol. The third kappa shape index (κ3) is 2.16. The molecule has 0 aromatic carbocycles. The molecule has 2 N–H and O–H groups in total. The van der Waals surface area contributed by atoms with E-state index in [9.17, 15) is 9.59 Å². The molecule has 3 heterocycles. The molecule has 0 fully saturated rings. The van der Waals surface area contributed by atoms with Crippen molar-refractivity contribution in [2.75, 3.05) is 6.54 Å². The number of nitrogens with one attached hydrogen (secondary N) is 2. The Kier molecular flexibility index (Phi) is 3.16.